The maximum atomic E-state index is 12.3. The molecule has 1 amide bonds. The molecular weight excluding hydrogens is 268 g/mol. The molecule has 96 valence electrons. The average molecular weight is 283 g/mol. The van der Waals surface area contributed by atoms with Crippen LogP contribution in [0.4, 0.5) is 0 Å². The molecule has 1 aromatic rings. The van der Waals surface area contributed by atoms with Crippen molar-refractivity contribution in [2.75, 3.05) is 13.1 Å². The summed E-state index contributed by atoms with van der Waals surface area (Å²) in [6, 6.07) is 6.94. The number of thiocarbonyl (C=S) groups is 1. The van der Waals surface area contributed by atoms with E-state index in [1.165, 1.54) is 0 Å². The molecule has 0 bridgehead atoms. The highest BCUT2D eigenvalue weighted by Gasteiger charge is 2.25. The fraction of sp³-hybridized carbons (Fsp3) is 0.385. The molecule has 1 aromatic carbocycles. The number of amides is 1. The van der Waals surface area contributed by atoms with E-state index in [1.54, 1.807) is 24.3 Å². The van der Waals surface area contributed by atoms with Crippen LogP contribution in [0.15, 0.2) is 24.3 Å². The SMILES string of the molecule is NC(=S)C1CCCN(C(=O)c2ccc(Cl)cc2)C1. The molecule has 1 fully saturated rings. The summed E-state index contributed by atoms with van der Waals surface area (Å²) in [6.07, 6.45) is 1.92. The quantitative estimate of drug-likeness (QED) is 0.848. The van der Waals surface area contributed by atoms with Crippen LogP contribution in [0.1, 0.15) is 23.2 Å². The number of nitrogens with zero attached hydrogens (tertiary/aromatic N) is 1. The van der Waals surface area contributed by atoms with Crippen LogP contribution < -0.4 is 5.73 Å². The lowest BCUT2D eigenvalue weighted by atomic mass is 9.97. The Balaban J connectivity index is 2.09. The number of benzene rings is 1. The lowest BCUT2D eigenvalue weighted by molar-refractivity contribution is 0.0703. The predicted molar refractivity (Wildman–Crippen MR) is 76.9 cm³/mol. The third-order valence-corrected chi connectivity index (χ3v) is 3.79. The van der Waals surface area contributed by atoms with Gasteiger partial charge < -0.3 is 10.6 Å². The van der Waals surface area contributed by atoms with Gasteiger partial charge in [-0.2, -0.15) is 0 Å². The van der Waals surface area contributed by atoms with Gasteiger partial charge in [0.15, 0.2) is 0 Å². The third-order valence-electron chi connectivity index (χ3n) is 3.20. The number of hydrogen-bond acceptors (Lipinski definition) is 2. The standard InChI is InChI=1S/C13H15ClN2OS/c14-11-5-3-9(4-6-11)13(17)16-7-1-2-10(8-16)12(15)18/h3-6,10H,1-2,7-8H2,(H2,15,18). The van der Waals surface area contributed by atoms with E-state index in [0.717, 1.165) is 19.4 Å². The second-order valence-electron chi connectivity index (χ2n) is 4.50. The Morgan fingerprint density at radius 1 is 1.39 bits per heavy atom. The number of carbonyl (C=O) groups excluding carboxylic acids is 1. The molecule has 1 unspecified atom stereocenters. The smallest absolute Gasteiger partial charge is 0.253 e. The molecule has 1 atom stereocenters. The Kier molecular flexibility index (Phi) is 4.19. The number of nitrogens with two attached hydrogens (primary N) is 1. The van der Waals surface area contributed by atoms with Gasteiger partial charge in [-0.3, -0.25) is 4.79 Å². The summed E-state index contributed by atoms with van der Waals surface area (Å²) in [4.78, 5) is 14.6. The number of rotatable bonds is 2. The van der Waals surface area contributed by atoms with Crippen molar-refractivity contribution in [1.29, 1.82) is 0 Å². The molecule has 0 radical (unpaired) electrons. The van der Waals surface area contributed by atoms with Gasteiger partial charge in [-0.1, -0.05) is 23.8 Å². The van der Waals surface area contributed by atoms with Gasteiger partial charge in [-0.15, -0.1) is 0 Å². The van der Waals surface area contributed by atoms with Crippen LogP contribution in [0, 0.1) is 5.92 Å². The van der Waals surface area contributed by atoms with Crippen LogP contribution in [0.2, 0.25) is 5.02 Å². The van der Waals surface area contributed by atoms with Crippen molar-refractivity contribution in [3.05, 3.63) is 34.9 Å². The summed E-state index contributed by atoms with van der Waals surface area (Å²) in [5.74, 6) is 0.164. The van der Waals surface area contributed by atoms with Gasteiger partial charge in [-0.25, -0.2) is 0 Å². The largest absolute Gasteiger partial charge is 0.393 e. The van der Waals surface area contributed by atoms with Gasteiger partial charge in [0.25, 0.3) is 5.91 Å². The van der Waals surface area contributed by atoms with Crippen molar-refractivity contribution in [3.63, 3.8) is 0 Å². The molecule has 0 aliphatic carbocycles. The molecule has 0 spiro atoms. The Labute approximate surface area is 117 Å². The first-order valence-electron chi connectivity index (χ1n) is 5.92. The van der Waals surface area contributed by atoms with Crippen LogP contribution in [0.25, 0.3) is 0 Å². The number of carbonyl (C=O) groups is 1. The lowest BCUT2D eigenvalue weighted by Gasteiger charge is -2.32. The maximum absolute atomic E-state index is 12.3. The van der Waals surface area contributed by atoms with E-state index in [4.69, 9.17) is 29.6 Å². The third kappa shape index (κ3) is 3.00. The molecule has 2 N–H and O–H groups in total. The van der Waals surface area contributed by atoms with Gasteiger partial charge in [0.05, 0.1) is 4.99 Å². The van der Waals surface area contributed by atoms with E-state index in [9.17, 15) is 4.79 Å². The summed E-state index contributed by atoms with van der Waals surface area (Å²) in [5, 5.41) is 0.631. The molecule has 1 aliphatic rings. The first-order chi connectivity index (χ1) is 8.58. The van der Waals surface area contributed by atoms with Crippen LogP contribution in [0.3, 0.4) is 0 Å². The Hall–Kier alpha value is -1.13. The average Bonchev–Trinajstić information content (AvgIpc) is 2.39. The molecule has 1 saturated heterocycles. The minimum absolute atomic E-state index is 0.0209. The normalized spacial score (nSPS) is 19.6. The van der Waals surface area contributed by atoms with Gasteiger partial charge >= 0.3 is 0 Å². The Morgan fingerprint density at radius 2 is 2.06 bits per heavy atom. The van der Waals surface area contributed by atoms with Crippen LogP contribution >= 0.6 is 23.8 Å². The van der Waals surface area contributed by atoms with Crippen molar-refractivity contribution in [1.82, 2.24) is 4.90 Å². The van der Waals surface area contributed by atoms with Crippen LogP contribution in [0.5, 0.6) is 0 Å². The minimum atomic E-state index is 0.0209. The van der Waals surface area contributed by atoms with Gasteiger partial charge in [0.1, 0.15) is 0 Å². The number of halogens is 1. The Bertz CT molecular complexity index is 461. The fourth-order valence-electron chi connectivity index (χ4n) is 2.17. The molecule has 0 aromatic heterocycles. The maximum Gasteiger partial charge on any atom is 0.253 e. The predicted octanol–water partition coefficient (Wildman–Crippen LogP) is 2.48. The van der Waals surface area contributed by atoms with Crippen LogP contribution in [-0.4, -0.2) is 28.9 Å². The topological polar surface area (TPSA) is 46.3 Å². The summed E-state index contributed by atoms with van der Waals surface area (Å²) < 4.78 is 0. The molecule has 5 heteroatoms. The van der Waals surface area contributed by atoms with E-state index in [0.29, 0.717) is 22.1 Å². The Morgan fingerprint density at radius 3 is 2.67 bits per heavy atom. The molecular formula is C13H15ClN2OS. The van der Waals surface area contributed by atoms with Gasteiger partial charge in [0, 0.05) is 29.6 Å². The highest BCUT2D eigenvalue weighted by Crippen LogP contribution is 2.19. The van der Waals surface area contributed by atoms with Crippen LogP contribution in [-0.2, 0) is 0 Å². The zero-order chi connectivity index (χ0) is 13.1. The molecule has 3 nitrogen and oxygen atoms in total. The van der Waals surface area contributed by atoms with E-state index >= 15 is 0 Å². The van der Waals surface area contributed by atoms with Crippen molar-refractivity contribution in [2.45, 2.75) is 12.8 Å². The van der Waals surface area contributed by atoms with Gasteiger partial charge in [-0.05, 0) is 37.1 Å². The molecule has 2 rings (SSSR count). The van der Waals surface area contributed by atoms with Crippen molar-refractivity contribution >= 4 is 34.7 Å². The lowest BCUT2D eigenvalue weighted by Crippen LogP contribution is -2.43. The van der Waals surface area contributed by atoms with E-state index < -0.39 is 0 Å². The highest BCUT2D eigenvalue weighted by atomic mass is 35.5. The van der Waals surface area contributed by atoms with E-state index in [-0.39, 0.29) is 11.8 Å². The van der Waals surface area contributed by atoms with Crippen molar-refractivity contribution < 1.29 is 4.79 Å². The molecule has 0 saturated carbocycles. The molecule has 18 heavy (non-hydrogen) atoms. The number of piperidine rings is 1. The monoisotopic (exact) mass is 282 g/mol. The zero-order valence-corrected chi connectivity index (χ0v) is 11.5. The molecule has 1 heterocycles. The second-order valence-corrected chi connectivity index (χ2v) is 5.41. The summed E-state index contributed by atoms with van der Waals surface area (Å²) in [5.41, 5.74) is 6.32. The number of hydrogen-bond donors (Lipinski definition) is 1. The summed E-state index contributed by atoms with van der Waals surface area (Å²) in [6.45, 7) is 1.39. The zero-order valence-electron chi connectivity index (χ0n) is 9.93. The van der Waals surface area contributed by atoms with E-state index in [1.807, 2.05) is 4.90 Å². The highest BCUT2D eigenvalue weighted by molar-refractivity contribution is 7.80. The summed E-state index contributed by atoms with van der Waals surface area (Å²) in [7, 11) is 0. The first-order valence-corrected chi connectivity index (χ1v) is 6.70. The van der Waals surface area contributed by atoms with E-state index in [2.05, 4.69) is 0 Å². The molecule has 1 aliphatic heterocycles. The van der Waals surface area contributed by atoms with Gasteiger partial charge in [0.2, 0.25) is 0 Å². The minimum Gasteiger partial charge on any atom is -0.393 e. The fourth-order valence-corrected chi connectivity index (χ4v) is 2.49. The van der Waals surface area contributed by atoms with Crippen molar-refractivity contribution in [3.8, 4) is 0 Å². The number of likely N-dealkylation sites (tertiary alicyclic amines) is 1. The summed E-state index contributed by atoms with van der Waals surface area (Å²) >= 11 is 10.8. The first kappa shape index (κ1) is 13.3. The second kappa shape index (κ2) is 5.67. The van der Waals surface area contributed by atoms with Crippen molar-refractivity contribution in [2.24, 2.45) is 11.7 Å².